The molecule has 1 aliphatic heterocycles. The average Bonchev–Trinajstić information content (AvgIpc) is 3.33. The number of likely N-dealkylation sites (tertiary alicyclic amines) is 1. The number of nitrogens with one attached hydrogen (secondary N) is 1. The van der Waals surface area contributed by atoms with Crippen molar-refractivity contribution in [2.75, 3.05) is 11.9 Å². The van der Waals surface area contributed by atoms with Gasteiger partial charge in [-0.1, -0.05) is 17.3 Å². The Bertz CT molecular complexity index is 1060. The van der Waals surface area contributed by atoms with Crippen LogP contribution in [-0.2, 0) is 4.79 Å². The van der Waals surface area contributed by atoms with Gasteiger partial charge >= 0.3 is 0 Å². The van der Waals surface area contributed by atoms with Crippen molar-refractivity contribution in [2.24, 2.45) is 0 Å². The second-order valence-electron chi connectivity index (χ2n) is 8.06. The molecular weight excluding hydrogens is 406 g/mol. The molecule has 0 saturated carbocycles. The first-order valence-electron chi connectivity index (χ1n) is 10.8. The quantitative estimate of drug-likeness (QED) is 0.640. The number of ether oxygens (including phenoxy) is 1. The third kappa shape index (κ3) is 4.80. The van der Waals surface area contributed by atoms with E-state index in [2.05, 4.69) is 29.5 Å². The highest BCUT2D eigenvalue weighted by Crippen LogP contribution is 2.23. The molecule has 0 spiro atoms. The molecule has 2 unspecified atom stereocenters. The van der Waals surface area contributed by atoms with E-state index < -0.39 is 0 Å². The number of amides is 2. The Kier molecular flexibility index (Phi) is 6.49. The Balaban J connectivity index is 1.37. The molecule has 2 heterocycles. The largest absolute Gasteiger partial charge is 0.484 e. The zero-order valence-electron chi connectivity index (χ0n) is 18.3. The van der Waals surface area contributed by atoms with Gasteiger partial charge in [0.05, 0.1) is 23.8 Å². The van der Waals surface area contributed by atoms with E-state index in [0.29, 0.717) is 17.0 Å². The molecule has 1 aliphatic rings. The Hall–Kier alpha value is -3.68. The number of carbonyl (C=O) groups is 2. The van der Waals surface area contributed by atoms with E-state index in [-0.39, 0.29) is 30.5 Å². The van der Waals surface area contributed by atoms with E-state index in [4.69, 9.17) is 4.74 Å². The second-order valence-corrected chi connectivity index (χ2v) is 8.06. The van der Waals surface area contributed by atoms with Crippen LogP contribution in [-0.4, -0.2) is 50.4 Å². The van der Waals surface area contributed by atoms with E-state index in [9.17, 15) is 9.59 Å². The smallest absolute Gasteiger partial charge is 0.260 e. The number of aromatic nitrogens is 3. The van der Waals surface area contributed by atoms with Gasteiger partial charge in [0.2, 0.25) is 0 Å². The van der Waals surface area contributed by atoms with Crippen LogP contribution >= 0.6 is 0 Å². The van der Waals surface area contributed by atoms with E-state index in [1.165, 1.54) is 0 Å². The highest BCUT2D eigenvalue weighted by molar-refractivity contribution is 6.05. The molecule has 1 fully saturated rings. The van der Waals surface area contributed by atoms with Crippen LogP contribution in [0.15, 0.2) is 60.9 Å². The van der Waals surface area contributed by atoms with Gasteiger partial charge < -0.3 is 15.0 Å². The van der Waals surface area contributed by atoms with Crippen LogP contribution in [0, 0.1) is 0 Å². The van der Waals surface area contributed by atoms with Gasteiger partial charge in [0.1, 0.15) is 5.75 Å². The molecule has 2 amide bonds. The molecule has 0 aliphatic carbocycles. The Morgan fingerprint density at radius 2 is 1.78 bits per heavy atom. The number of piperidine rings is 1. The Morgan fingerprint density at radius 1 is 1.06 bits per heavy atom. The lowest BCUT2D eigenvalue weighted by molar-refractivity contribution is -0.139. The van der Waals surface area contributed by atoms with Gasteiger partial charge in [-0.05, 0) is 69.5 Å². The average molecular weight is 434 g/mol. The minimum absolute atomic E-state index is 0.00348. The summed E-state index contributed by atoms with van der Waals surface area (Å²) in [6.07, 6.45) is 6.50. The first-order chi connectivity index (χ1) is 15.5. The summed E-state index contributed by atoms with van der Waals surface area (Å²) in [5.74, 6) is 0.294. The molecule has 2 aromatic carbocycles. The fourth-order valence-corrected chi connectivity index (χ4v) is 4.15. The van der Waals surface area contributed by atoms with Crippen LogP contribution < -0.4 is 10.1 Å². The van der Waals surface area contributed by atoms with Crippen molar-refractivity contribution in [2.45, 2.75) is 45.2 Å². The number of benzene rings is 2. The molecule has 4 rings (SSSR count). The van der Waals surface area contributed by atoms with Crippen molar-refractivity contribution in [1.82, 2.24) is 19.9 Å². The fraction of sp³-hybridized carbons (Fsp3) is 0.333. The highest BCUT2D eigenvalue weighted by atomic mass is 16.5. The maximum absolute atomic E-state index is 12.7. The summed E-state index contributed by atoms with van der Waals surface area (Å²) < 4.78 is 7.29. The van der Waals surface area contributed by atoms with E-state index in [1.54, 1.807) is 47.4 Å². The summed E-state index contributed by atoms with van der Waals surface area (Å²) in [6, 6.07) is 14.6. The van der Waals surface area contributed by atoms with Crippen molar-refractivity contribution in [3.63, 3.8) is 0 Å². The molecule has 1 aromatic heterocycles. The zero-order valence-corrected chi connectivity index (χ0v) is 18.3. The maximum atomic E-state index is 12.7. The number of rotatable bonds is 6. The highest BCUT2D eigenvalue weighted by Gasteiger charge is 2.29. The van der Waals surface area contributed by atoms with Gasteiger partial charge in [0.25, 0.3) is 11.8 Å². The standard InChI is InChI=1S/C24H27N5O3/c1-17-6-5-7-18(2)29(17)23(30)16-32-20-12-10-19(11-13-20)24(31)26-21-8-3-4-9-22(21)28-15-14-25-27-28/h3-4,8-15,17-18H,5-7,16H2,1-2H3,(H,26,31). The van der Waals surface area contributed by atoms with Crippen LogP contribution in [0.2, 0.25) is 0 Å². The first kappa shape index (κ1) is 21.5. The molecule has 166 valence electrons. The molecule has 32 heavy (non-hydrogen) atoms. The van der Waals surface area contributed by atoms with Crippen molar-refractivity contribution < 1.29 is 14.3 Å². The van der Waals surface area contributed by atoms with Crippen LogP contribution in [0.5, 0.6) is 5.75 Å². The molecule has 1 saturated heterocycles. The van der Waals surface area contributed by atoms with Gasteiger partial charge in [0, 0.05) is 17.6 Å². The van der Waals surface area contributed by atoms with Gasteiger partial charge in [-0.3, -0.25) is 9.59 Å². The summed E-state index contributed by atoms with van der Waals surface area (Å²) in [4.78, 5) is 27.3. The SMILES string of the molecule is CC1CCCC(C)N1C(=O)COc1ccc(C(=O)Nc2ccccc2-n2ccnn2)cc1. The molecule has 0 radical (unpaired) electrons. The summed E-state index contributed by atoms with van der Waals surface area (Å²) in [5, 5.41) is 10.7. The zero-order chi connectivity index (χ0) is 22.5. The van der Waals surface area contributed by atoms with Gasteiger partial charge in [-0.25, -0.2) is 4.68 Å². The number of para-hydroxylation sites is 2. The van der Waals surface area contributed by atoms with E-state index in [0.717, 1.165) is 24.9 Å². The topological polar surface area (TPSA) is 89.4 Å². The summed E-state index contributed by atoms with van der Waals surface area (Å²) >= 11 is 0. The minimum atomic E-state index is -0.254. The Morgan fingerprint density at radius 3 is 2.47 bits per heavy atom. The van der Waals surface area contributed by atoms with Crippen molar-refractivity contribution in [1.29, 1.82) is 0 Å². The van der Waals surface area contributed by atoms with Crippen LogP contribution in [0.25, 0.3) is 5.69 Å². The fourth-order valence-electron chi connectivity index (χ4n) is 4.15. The lowest BCUT2D eigenvalue weighted by Gasteiger charge is -2.38. The minimum Gasteiger partial charge on any atom is -0.484 e. The van der Waals surface area contributed by atoms with Crippen LogP contribution in [0.1, 0.15) is 43.5 Å². The third-order valence-corrected chi connectivity index (χ3v) is 5.78. The van der Waals surface area contributed by atoms with Crippen molar-refractivity contribution in [3.8, 4) is 11.4 Å². The molecule has 0 bridgehead atoms. The number of anilines is 1. The van der Waals surface area contributed by atoms with Crippen LogP contribution in [0.4, 0.5) is 5.69 Å². The van der Waals surface area contributed by atoms with Crippen molar-refractivity contribution >= 4 is 17.5 Å². The predicted octanol–water partition coefficient (Wildman–Crippen LogP) is 3.69. The third-order valence-electron chi connectivity index (χ3n) is 5.78. The summed E-state index contributed by atoms with van der Waals surface area (Å²) in [7, 11) is 0. The Labute approximate surface area is 187 Å². The van der Waals surface area contributed by atoms with E-state index >= 15 is 0 Å². The normalized spacial score (nSPS) is 18.2. The summed E-state index contributed by atoms with van der Waals surface area (Å²) in [5.41, 5.74) is 1.83. The number of nitrogens with zero attached hydrogens (tertiary/aromatic N) is 4. The molecule has 8 nitrogen and oxygen atoms in total. The lowest BCUT2D eigenvalue weighted by atomic mass is 9.97. The molecule has 1 N–H and O–H groups in total. The molecule has 3 aromatic rings. The maximum Gasteiger partial charge on any atom is 0.260 e. The van der Waals surface area contributed by atoms with Gasteiger partial charge in [-0.15, -0.1) is 5.10 Å². The van der Waals surface area contributed by atoms with E-state index in [1.807, 2.05) is 23.1 Å². The van der Waals surface area contributed by atoms with Crippen molar-refractivity contribution in [3.05, 3.63) is 66.5 Å². The number of hydrogen-bond acceptors (Lipinski definition) is 5. The molecule has 2 atom stereocenters. The molecular formula is C24H27N5O3. The predicted molar refractivity (Wildman–Crippen MR) is 121 cm³/mol. The second kappa shape index (κ2) is 9.64. The van der Waals surface area contributed by atoms with Gasteiger partial charge in [-0.2, -0.15) is 0 Å². The van der Waals surface area contributed by atoms with Crippen LogP contribution in [0.3, 0.4) is 0 Å². The lowest BCUT2D eigenvalue weighted by Crippen LogP contribution is -2.49. The molecule has 8 heteroatoms. The first-order valence-corrected chi connectivity index (χ1v) is 10.8. The number of carbonyl (C=O) groups excluding carboxylic acids is 2. The monoisotopic (exact) mass is 433 g/mol. The summed E-state index contributed by atoms with van der Waals surface area (Å²) in [6.45, 7) is 4.16. The number of hydrogen-bond donors (Lipinski definition) is 1. The van der Waals surface area contributed by atoms with Gasteiger partial charge in [0.15, 0.2) is 6.61 Å².